The molecule has 0 aromatic rings. The summed E-state index contributed by atoms with van der Waals surface area (Å²) in [6.07, 6.45) is 0.479. The molecule has 0 bridgehead atoms. The lowest BCUT2D eigenvalue weighted by Gasteiger charge is -2.29. The van der Waals surface area contributed by atoms with E-state index in [1.807, 2.05) is 0 Å². The number of carbonyl (C=O) groups excluding carboxylic acids is 2. The number of piperazine rings is 1. The summed E-state index contributed by atoms with van der Waals surface area (Å²) in [5.74, 6) is -0.0896. The molecule has 2 aliphatic rings. The summed E-state index contributed by atoms with van der Waals surface area (Å²) in [5, 5.41) is 5.47. The molecule has 2 saturated heterocycles. The van der Waals surface area contributed by atoms with Crippen LogP contribution in [0.5, 0.6) is 0 Å². The first-order chi connectivity index (χ1) is 8.48. The van der Waals surface area contributed by atoms with Crippen LogP contribution in [0.25, 0.3) is 0 Å². The second-order valence-electron chi connectivity index (χ2n) is 4.57. The van der Waals surface area contributed by atoms with Gasteiger partial charge in [-0.15, -0.1) is 0 Å². The van der Waals surface area contributed by atoms with Crippen molar-refractivity contribution in [1.82, 2.24) is 15.5 Å². The van der Waals surface area contributed by atoms with Gasteiger partial charge in [0.05, 0.1) is 18.1 Å². The van der Waals surface area contributed by atoms with E-state index in [-0.39, 0.29) is 43.0 Å². The third-order valence-electron chi connectivity index (χ3n) is 3.18. The highest BCUT2D eigenvalue weighted by Gasteiger charge is 2.30. The maximum atomic E-state index is 12.1. The van der Waals surface area contributed by atoms with Gasteiger partial charge in [-0.05, 0) is 6.42 Å². The molecule has 2 N–H and O–H groups in total. The second-order valence-corrected chi connectivity index (χ2v) is 6.87. The maximum absolute atomic E-state index is 12.1. The monoisotopic (exact) mass is 275 g/mol. The minimum atomic E-state index is -3.01. The van der Waals surface area contributed by atoms with E-state index in [0.29, 0.717) is 13.0 Å². The number of hydrogen-bond donors (Lipinski definition) is 2. The predicted octanol–water partition coefficient (Wildman–Crippen LogP) is -2.28. The van der Waals surface area contributed by atoms with E-state index < -0.39 is 15.9 Å². The van der Waals surface area contributed by atoms with Crippen LogP contribution in [-0.4, -0.2) is 68.9 Å². The van der Waals surface area contributed by atoms with Gasteiger partial charge in [0, 0.05) is 19.6 Å². The van der Waals surface area contributed by atoms with Gasteiger partial charge in [0.25, 0.3) is 0 Å². The molecule has 2 aliphatic heterocycles. The lowest BCUT2D eigenvalue weighted by atomic mass is 10.2. The minimum Gasteiger partial charge on any atom is -0.353 e. The summed E-state index contributed by atoms with van der Waals surface area (Å²) in [5.41, 5.74) is 0. The van der Waals surface area contributed by atoms with Crippen LogP contribution in [-0.2, 0) is 19.4 Å². The number of nitrogens with zero attached hydrogens (tertiary/aromatic N) is 1. The highest BCUT2D eigenvalue weighted by Crippen LogP contribution is 2.07. The van der Waals surface area contributed by atoms with Crippen molar-refractivity contribution in [2.45, 2.75) is 12.5 Å². The summed E-state index contributed by atoms with van der Waals surface area (Å²) in [6, 6.07) is -0.441. The average molecular weight is 275 g/mol. The van der Waals surface area contributed by atoms with E-state index in [9.17, 15) is 18.0 Å². The molecule has 102 valence electrons. The fraction of sp³-hybridized carbons (Fsp3) is 0.800. The van der Waals surface area contributed by atoms with Crippen molar-refractivity contribution in [2.24, 2.45) is 0 Å². The zero-order chi connectivity index (χ0) is 13.2. The van der Waals surface area contributed by atoms with Crippen LogP contribution in [0.3, 0.4) is 0 Å². The van der Waals surface area contributed by atoms with Gasteiger partial charge in [-0.1, -0.05) is 0 Å². The molecule has 2 fully saturated rings. The largest absolute Gasteiger partial charge is 0.353 e. The molecule has 0 spiro atoms. The van der Waals surface area contributed by atoms with E-state index in [1.54, 1.807) is 4.90 Å². The quantitative estimate of drug-likeness (QED) is 0.562. The first kappa shape index (κ1) is 13.3. The van der Waals surface area contributed by atoms with Crippen LogP contribution in [0, 0.1) is 0 Å². The summed E-state index contributed by atoms with van der Waals surface area (Å²) < 4.78 is 22.9. The molecular formula is C10H17N3O4S. The van der Waals surface area contributed by atoms with Crippen LogP contribution < -0.4 is 10.6 Å². The molecule has 2 heterocycles. The predicted molar refractivity (Wildman–Crippen MR) is 64.7 cm³/mol. The Morgan fingerprint density at radius 1 is 1.28 bits per heavy atom. The van der Waals surface area contributed by atoms with Gasteiger partial charge < -0.3 is 10.2 Å². The molecule has 2 rings (SSSR count). The van der Waals surface area contributed by atoms with Gasteiger partial charge >= 0.3 is 0 Å². The number of hydrogen-bond acceptors (Lipinski definition) is 5. The van der Waals surface area contributed by atoms with Gasteiger partial charge in [-0.2, -0.15) is 0 Å². The molecule has 8 heteroatoms. The Morgan fingerprint density at radius 3 is 2.72 bits per heavy atom. The Labute approximate surface area is 106 Å². The molecule has 0 aromatic carbocycles. The van der Waals surface area contributed by atoms with Crippen LogP contribution in [0.2, 0.25) is 0 Å². The molecule has 2 amide bonds. The second kappa shape index (κ2) is 5.23. The first-order valence-electron chi connectivity index (χ1n) is 5.97. The van der Waals surface area contributed by atoms with Crippen LogP contribution in [0.1, 0.15) is 6.42 Å². The van der Waals surface area contributed by atoms with Crippen molar-refractivity contribution in [3.8, 4) is 0 Å². The SMILES string of the molecule is O=C1CNC(C(=O)N2CCCS(=O)(=O)CC2)CN1. The topological polar surface area (TPSA) is 95.6 Å². The molecule has 0 aromatic heterocycles. The molecule has 1 atom stereocenters. The van der Waals surface area contributed by atoms with Gasteiger partial charge in [0.1, 0.15) is 6.04 Å². The number of nitrogens with one attached hydrogen (secondary N) is 2. The molecular weight excluding hydrogens is 258 g/mol. The number of amides is 2. The van der Waals surface area contributed by atoms with Gasteiger partial charge in [-0.25, -0.2) is 8.42 Å². The van der Waals surface area contributed by atoms with E-state index in [2.05, 4.69) is 10.6 Å². The van der Waals surface area contributed by atoms with Gasteiger partial charge in [0.2, 0.25) is 11.8 Å². The smallest absolute Gasteiger partial charge is 0.241 e. The third-order valence-corrected chi connectivity index (χ3v) is 4.89. The number of rotatable bonds is 1. The Morgan fingerprint density at radius 2 is 2.06 bits per heavy atom. The number of carbonyl (C=O) groups is 2. The molecule has 7 nitrogen and oxygen atoms in total. The Hall–Kier alpha value is -1.15. The third kappa shape index (κ3) is 3.20. The van der Waals surface area contributed by atoms with Crippen LogP contribution in [0.4, 0.5) is 0 Å². The zero-order valence-electron chi connectivity index (χ0n) is 10.0. The first-order valence-corrected chi connectivity index (χ1v) is 7.79. The van der Waals surface area contributed by atoms with Crippen LogP contribution in [0.15, 0.2) is 0 Å². The molecule has 0 aliphatic carbocycles. The highest BCUT2D eigenvalue weighted by molar-refractivity contribution is 7.91. The average Bonchev–Trinajstić information content (AvgIpc) is 2.50. The molecule has 0 saturated carbocycles. The lowest BCUT2D eigenvalue weighted by Crippen LogP contribution is -2.58. The normalized spacial score (nSPS) is 28.3. The van der Waals surface area contributed by atoms with Crippen molar-refractivity contribution in [2.75, 3.05) is 37.7 Å². The minimum absolute atomic E-state index is 0.0256. The van der Waals surface area contributed by atoms with Crippen molar-refractivity contribution in [3.63, 3.8) is 0 Å². The summed E-state index contributed by atoms with van der Waals surface area (Å²) in [4.78, 5) is 24.7. The van der Waals surface area contributed by atoms with E-state index in [4.69, 9.17) is 0 Å². The number of sulfone groups is 1. The van der Waals surface area contributed by atoms with Crippen molar-refractivity contribution < 1.29 is 18.0 Å². The zero-order valence-corrected chi connectivity index (χ0v) is 10.8. The van der Waals surface area contributed by atoms with Gasteiger partial charge in [0.15, 0.2) is 9.84 Å². The summed E-state index contributed by atoms with van der Waals surface area (Å²) in [6.45, 7) is 1.10. The Bertz CT molecular complexity index is 438. The van der Waals surface area contributed by atoms with Crippen LogP contribution >= 0.6 is 0 Å². The molecule has 0 radical (unpaired) electrons. The standard InChI is InChI=1S/C10H17N3O4S/c14-9-7-11-8(6-12-9)10(15)13-2-1-4-18(16,17)5-3-13/h8,11H,1-7H2,(H,12,14). The summed E-state index contributed by atoms with van der Waals surface area (Å²) in [7, 11) is -3.01. The fourth-order valence-corrected chi connectivity index (χ4v) is 3.39. The van der Waals surface area contributed by atoms with E-state index in [1.165, 1.54) is 0 Å². The van der Waals surface area contributed by atoms with Crippen molar-refractivity contribution in [1.29, 1.82) is 0 Å². The van der Waals surface area contributed by atoms with E-state index >= 15 is 0 Å². The maximum Gasteiger partial charge on any atom is 0.241 e. The lowest BCUT2D eigenvalue weighted by molar-refractivity contribution is -0.134. The highest BCUT2D eigenvalue weighted by atomic mass is 32.2. The van der Waals surface area contributed by atoms with E-state index in [0.717, 1.165) is 0 Å². The Balaban J connectivity index is 1.94. The van der Waals surface area contributed by atoms with Crippen molar-refractivity contribution >= 4 is 21.7 Å². The van der Waals surface area contributed by atoms with Crippen molar-refractivity contribution in [3.05, 3.63) is 0 Å². The molecule has 1 unspecified atom stereocenters. The fourth-order valence-electron chi connectivity index (χ4n) is 2.12. The Kier molecular flexibility index (Phi) is 3.86. The molecule has 18 heavy (non-hydrogen) atoms. The van der Waals surface area contributed by atoms with Gasteiger partial charge in [-0.3, -0.25) is 14.9 Å². The summed E-state index contributed by atoms with van der Waals surface area (Å²) >= 11 is 0.